The number of thiol groups is 1. The number of aliphatic carboxylic acids is 1. The average Bonchev–Trinajstić information content (AvgIpc) is 2.84. The molecule has 3 rings (SSSR count). The molecule has 0 fully saturated rings. The van der Waals surface area contributed by atoms with E-state index in [4.69, 9.17) is 9.84 Å². The third-order valence-electron chi connectivity index (χ3n) is 4.57. The Morgan fingerprint density at radius 1 is 1.17 bits per heavy atom. The van der Waals surface area contributed by atoms with Crippen LogP contribution in [0.2, 0.25) is 0 Å². The van der Waals surface area contributed by atoms with E-state index < -0.39 is 23.2 Å². The number of hydrogen-bond acceptors (Lipinski definition) is 5. The van der Waals surface area contributed by atoms with Gasteiger partial charge in [0.15, 0.2) is 0 Å². The summed E-state index contributed by atoms with van der Waals surface area (Å²) in [6, 6.07) is 15.4. The van der Waals surface area contributed by atoms with Gasteiger partial charge in [-0.25, -0.2) is 0 Å². The maximum absolute atomic E-state index is 13.1. The van der Waals surface area contributed by atoms with Crippen LogP contribution in [0.15, 0.2) is 54.6 Å². The number of carbonyl (C=O) groups is 3. The van der Waals surface area contributed by atoms with Gasteiger partial charge < -0.3 is 20.1 Å². The molecule has 2 aromatic carbocycles. The Bertz CT molecular complexity index is 890. The number of amides is 2. The molecule has 0 radical (unpaired) electrons. The van der Waals surface area contributed by atoms with Gasteiger partial charge >= 0.3 is 5.97 Å². The fourth-order valence-corrected chi connectivity index (χ4v) is 3.38. The van der Waals surface area contributed by atoms with Crippen LogP contribution < -0.4 is 15.0 Å². The van der Waals surface area contributed by atoms with Crippen molar-refractivity contribution >= 4 is 36.1 Å². The fourth-order valence-electron chi connectivity index (χ4n) is 3.09. The lowest BCUT2D eigenvalue weighted by Gasteiger charge is -2.25. The highest BCUT2D eigenvalue weighted by atomic mass is 32.1. The number of ether oxygens (including phenoxy) is 1. The summed E-state index contributed by atoms with van der Waals surface area (Å²) in [5.74, 6) is -1.35. The standard InChI is InChI=1S/C21H22N2O5S/c24-19(25)10-11-23-16-8-4-5-9-17(16)28-13-15(21(23)27)22-20(26)18(29)12-14-6-2-1-3-7-14/h1-9,15,18,29H,10-13H2,(H,22,26)(H,24,25)/t15-,18+/m0/s1. The summed E-state index contributed by atoms with van der Waals surface area (Å²) in [7, 11) is 0. The van der Waals surface area contributed by atoms with Crippen molar-refractivity contribution < 1.29 is 24.2 Å². The summed E-state index contributed by atoms with van der Waals surface area (Å²) in [6.07, 6.45) is 0.199. The topological polar surface area (TPSA) is 95.9 Å². The van der Waals surface area contributed by atoms with Gasteiger partial charge in [0, 0.05) is 6.54 Å². The molecule has 0 unspecified atom stereocenters. The minimum Gasteiger partial charge on any atom is -0.489 e. The van der Waals surface area contributed by atoms with Crippen molar-refractivity contribution in [2.24, 2.45) is 0 Å². The number of carboxylic acids is 1. The van der Waals surface area contributed by atoms with Crippen molar-refractivity contribution in [1.82, 2.24) is 5.32 Å². The zero-order chi connectivity index (χ0) is 20.8. The first-order valence-corrected chi connectivity index (χ1v) is 9.74. The van der Waals surface area contributed by atoms with Gasteiger partial charge in [-0.05, 0) is 24.1 Å². The van der Waals surface area contributed by atoms with Crippen molar-refractivity contribution in [2.75, 3.05) is 18.1 Å². The highest BCUT2D eigenvalue weighted by Gasteiger charge is 2.33. The Labute approximate surface area is 174 Å². The van der Waals surface area contributed by atoms with E-state index in [1.807, 2.05) is 30.3 Å². The Hall–Kier alpha value is -3.00. The van der Waals surface area contributed by atoms with Gasteiger partial charge in [0.2, 0.25) is 5.91 Å². The van der Waals surface area contributed by atoms with Crippen LogP contribution in [0.1, 0.15) is 12.0 Å². The smallest absolute Gasteiger partial charge is 0.305 e. The molecule has 1 aliphatic rings. The molecular formula is C21H22N2O5S. The highest BCUT2D eigenvalue weighted by Crippen LogP contribution is 2.31. The Morgan fingerprint density at radius 2 is 1.86 bits per heavy atom. The number of carbonyl (C=O) groups excluding carboxylic acids is 2. The Morgan fingerprint density at radius 3 is 2.59 bits per heavy atom. The molecule has 0 bridgehead atoms. The van der Waals surface area contributed by atoms with Crippen molar-refractivity contribution in [3.63, 3.8) is 0 Å². The minimum absolute atomic E-state index is 0.0186. The molecular weight excluding hydrogens is 392 g/mol. The molecule has 0 aliphatic carbocycles. The summed E-state index contributed by atoms with van der Waals surface area (Å²) >= 11 is 4.38. The molecule has 1 aliphatic heterocycles. The first-order valence-electron chi connectivity index (χ1n) is 9.23. The first-order chi connectivity index (χ1) is 14.0. The van der Waals surface area contributed by atoms with Gasteiger partial charge in [-0.15, -0.1) is 0 Å². The number of rotatable bonds is 7. The summed E-state index contributed by atoms with van der Waals surface area (Å²) in [5.41, 5.74) is 1.45. The van der Waals surface area contributed by atoms with Gasteiger partial charge in [0.25, 0.3) is 5.91 Å². The number of fused-ring (bicyclic) bond motifs is 1. The van der Waals surface area contributed by atoms with Crippen LogP contribution in [0.4, 0.5) is 5.69 Å². The quantitative estimate of drug-likeness (QED) is 0.602. The van der Waals surface area contributed by atoms with E-state index in [9.17, 15) is 14.4 Å². The normalized spacial score (nSPS) is 16.9. The van der Waals surface area contributed by atoms with Gasteiger partial charge in [-0.2, -0.15) is 12.6 Å². The molecule has 8 heteroatoms. The molecule has 0 saturated heterocycles. The predicted octanol–water partition coefficient (Wildman–Crippen LogP) is 1.91. The molecule has 0 spiro atoms. The van der Waals surface area contributed by atoms with Crippen LogP contribution >= 0.6 is 12.6 Å². The van der Waals surface area contributed by atoms with Crippen LogP contribution in [0.25, 0.3) is 0 Å². The SMILES string of the molecule is O=C(O)CCN1C(=O)[C@@H](NC(=O)[C@H](S)Cc2ccccc2)COc2ccccc21. The molecule has 29 heavy (non-hydrogen) atoms. The number of carboxylic acid groups (broad SMARTS) is 1. The second kappa shape index (κ2) is 9.47. The molecule has 2 N–H and O–H groups in total. The summed E-state index contributed by atoms with van der Waals surface area (Å²) in [6.45, 7) is -0.0633. The average molecular weight is 414 g/mol. The van der Waals surface area contributed by atoms with E-state index in [1.54, 1.807) is 24.3 Å². The second-order valence-corrected chi connectivity index (χ2v) is 7.30. The van der Waals surface area contributed by atoms with E-state index in [0.717, 1.165) is 5.56 Å². The third kappa shape index (κ3) is 5.29. The summed E-state index contributed by atoms with van der Waals surface area (Å²) < 4.78 is 5.72. The van der Waals surface area contributed by atoms with Crippen molar-refractivity contribution in [1.29, 1.82) is 0 Å². The largest absolute Gasteiger partial charge is 0.489 e. The minimum atomic E-state index is -1.01. The molecule has 7 nitrogen and oxygen atoms in total. The molecule has 2 atom stereocenters. The van der Waals surface area contributed by atoms with Crippen LogP contribution in [0.5, 0.6) is 5.75 Å². The lowest BCUT2D eigenvalue weighted by molar-refractivity contribution is -0.136. The van der Waals surface area contributed by atoms with E-state index in [-0.39, 0.29) is 25.5 Å². The van der Waals surface area contributed by atoms with E-state index in [0.29, 0.717) is 17.9 Å². The van der Waals surface area contributed by atoms with Crippen molar-refractivity contribution in [3.05, 3.63) is 60.2 Å². The second-order valence-electron chi connectivity index (χ2n) is 6.68. The zero-order valence-electron chi connectivity index (χ0n) is 15.7. The van der Waals surface area contributed by atoms with E-state index >= 15 is 0 Å². The van der Waals surface area contributed by atoms with Crippen LogP contribution in [0.3, 0.4) is 0 Å². The Kier molecular flexibility index (Phi) is 6.77. The third-order valence-corrected chi connectivity index (χ3v) is 4.98. The monoisotopic (exact) mass is 414 g/mol. The number of anilines is 1. The molecule has 152 valence electrons. The van der Waals surface area contributed by atoms with E-state index in [1.165, 1.54) is 4.90 Å². The van der Waals surface area contributed by atoms with Gasteiger partial charge in [-0.1, -0.05) is 42.5 Å². The zero-order valence-corrected chi connectivity index (χ0v) is 16.5. The predicted molar refractivity (Wildman–Crippen MR) is 111 cm³/mol. The number of nitrogens with zero attached hydrogens (tertiary/aromatic N) is 1. The fraction of sp³-hybridized carbons (Fsp3) is 0.286. The van der Waals surface area contributed by atoms with Gasteiger partial charge in [-0.3, -0.25) is 14.4 Å². The summed E-state index contributed by atoms with van der Waals surface area (Å²) in [5, 5.41) is 11.1. The summed E-state index contributed by atoms with van der Waals surface area (Å²) in [4.78, 5) is 38.0. The molecule has 1 heterocycles. The molecule has 2 amide bonds. The molecule has 0 saturated carbocycles. The lowest BCUT2D eigenvalue weighted by atomic mass is 10.1. The van der Waals surface area contributed by atoms with Gasteiger partial charge in [0.05, 0.1) is 17.4 Å². The van der Waals surface area contributed by atoms with Crippen LogP contribution in [-0.2, 0) is 20.8 Å². The van der Waals surface area contributed by atoms with E-state index in [2.05, 4.69) is 17.9 Å². The number of nitrogens with one attached hydrogen (secondary N) is 1. The first kappa shape index (κ1) is 20.7. The lowest BCUT2D eigenvalue weighted by Crippen LogP contribution is -2.52. The highest BCUT2D eigenvalue weighted by molar-refractivity contribution is 7.81. The maximum Gasteiger partial charge on any atom is 0.305 e. The maximum atomic E-state index is 13.1. The Balaban J connectivity index is 1.73. The number of benzene rings is 2. The van der Waals surface area contributed by atoms with Crippen LogP contribution in [0, 0.1) is 0 Å². The molecule has 0 aromatic heterocycles. The number of para-hydroxylation sites is 2. The molecule has 2 aromatic rings. The van der Waals surface area contributed by atoms with Crippen molar-refractivity contribution in [3.8, 4) is 5.75 Å². The van der Waals surface area contributed by atoms with Crippen LogP contribution in [-0.4, -0.2) is 47.3 Å². The van der Waals surface area contributed by atoms with Gasteiger partial charge in [0.1, 0.15) is 18.4 Å². The van der Waals surface area contributed by atoms with Crippen molar-refractivity contribution in [2.45, 2.75) is 24.1 Å². The number of hydrogen-bond donors (Lipinski definition) is 3.